The number of anilines is 1. The predicted octanol–water partition coefficient (Wildman–Crippen LogP) is 6.24. The molecule has 5 rings (SSSR count). The van der Waals surface area contributed by atoms with E-state index in [2.05, 4.69) is 20.6 Å². The van der Waals surface area contributed by atoms with Gasteiger partial charge >= 0.3 is 0 Å². The van der Waals surface area contributed by atoms with E-state index < -0.39 is 5.82 Å². The number of rotatable bonds is 5. The number of fused-ring (bicyclic) bond motifs is 1. The van der Waals surface area contributed by atoms with Crippen molar-refractivity contribution >= 4 is 34.1 Å². The molecule has 34 heavy (non-hydrogen) atoms. The van der Waals surface area contributed by atoms with Crippen molar-refractivity contribution in [2.45, 2.75) is 37.8 Å². The second-order valence-electron chi connectivity index (χ2n) is 8.65. The molecule has 0 unspecified atom stereocenters. The van der Waals surface area contributed by atoms with Crippen LogP contribution in [-0.4, -0.2) is 28.0 Å². The highest BCUT2D eigenvalue weighted by molar-refractivity contribution is 6.31. The summed E-state index contributed by atoms with van der Waals surface area (Å²) in [7, 11) is 0. The summed E-state index contributed by atoms with van der Waals surface area (Å²) >= 11 is 6.09. The molecule has 1 fully saturated rings. The summed E-state index contributed by atoms with van der Waals surface area (Å²) in [6, 6.07) is 16.1. The lowest BCUT2D eigenvalue weighted by Crippen LogP contribution is -2.40. The van der Waals surface area contributed by atoms with E-state index >= 15 is 0 Å². The largest absolute Gasteiger partial charge is 0.382 e. The van der Waals surface area contributed by atoms with Crippen LogP contribution in [0.25, 0.3) is 22.0 Å². The van der Waals surface area contributed by atoms with Gasteiger partial charge in [0.25, 0.3) is 5.91 Å². The summed E-state index contributed by atoms with van der Waals surface area (Å²) in [5.41, 5.74) is 3.71. The van der Waals surface area contributed by atoms with Crippen molar-refractivity contribution in [3.05, 3.63) is 89.6 Å². The molecule has 2 N–H and O–H groups in total. The molecule has 1 aliphatic carbocycles. The maximum Gasteiger partial charge on any atom is 0.251 e. The van der Waals surface area contributed by atoms with Crippen LogP contribution in [-0.2, 0) is 0 Å². The van der Waals surface area contributed by atoms with E-state index in [4.69, 9.17) is 11.6 Å². The molecule has 1 amide bonds. The Bertz CT molecular complexity index is 1320. The first-order chi connectivity index (χ1) is 16.5. The number of hydrogen-bond donors (Lipinski definition) is 2. The third-order valence-electron chi connectivity index (χ3n) is 6.30. The number of nitrogens with zero attached hydrogens (tertiary/aromatic N) is 2. The highest BCUT2D eigenvalue weighted by Gasteiger charge is 2.23. The molecular formula is C27H24ClFN4O. The third kappa shape index (κ3) is 5.02. The van der Waals surface area contributed by atoms with Gasteiger partial charge in [-0.15, -0.1) is 0 Å². The number of pyridine rings is 2. The molecule has 1 aliphatic rings. The van der Waals surface area contributed by atoms with Gasteiger partial charge in [-0.2, -0.15) is 0 Å². The van der Waals surface area contributed by atoms with E-state index in [0.29, 0.717) is 22.2 Å². The molecule has 0 atom stereocenters. The highest BCUT2D eigenvalue weighted by Crippen LogP contribution is 2.28. The van der Waals surface area contributed by atoms with Crippen molar-refractivity contribution < 1.29 is 9.18 Å². The Kier molecular flexibility index (Phi) is 6.41. The van der Waals surface area contributed by atoms with Gasteiger partial charge in [-0.05, 0) is 91.4 Å². The topological polar surface area (TPSA) is 66.9 Å². The Morgan fingerprint density at radius 2 is 1.65 bits per heavy atom. The van der Waals surface area contributed by atoms with Gasteiger partial charge in [-0.3, -0.25) is 14.8 Å². The van der Waals surface area contributed by atoms with Crippen LogP contribution in [0, 0.1) is 5.82 Å². The zero-order chi connectivity index (χ0) is 23.5. The lowest BCUT2D eigenvalue weighted by atomic mass is 9.90. The molecule has 2 aromatic carbocycles. The number of hydrogen-bond acceptors (Lipinski definition) is 4. The number of benzene rings is 2. The number of amides is 1. The molecule has 1 saturated carbocycles. The van der Waals surface area contributed by atoms with E-state index in [0.717, 1.165) is 47.8 Å². The van der Waals surface area contributed by atoms with Crippen LogP contribution in [0.4, 0.5) is 10.1 Å². The first kappa shape index (κ1) is 22.3. The van der Waals surface area contributed by atoms with Crippen molar-refractivity contribution in [2.75, 3.05) is 5.32 Å². The summed E-state index contributed by atoms with van der Waals surface area (Å²) in [5.74, 6) is -0.679. The Morgan fingerprint density at radius 1 is 0.882 bits per heavy atom. The molecule has 0 radical (unpaired) electrons. The molecular weight excluding hydrogens is 451 g/mol. The minimum atomic E-state index is -0.432. The van der Waals surface area contributed by atoms with Gasteiger partial charge in [0.1, 0.15) is 5.82 Å². The van der Waals surface area contributed by atoms with Gasteiger partial charge in [0.2, 0.25) is 0 Å². The molecule has 172 valence electrons. The first-order valence-electron chi connectivity index (χ1n) is 11.4. The smallest absolute Gasteiger partial charge is 0.251 e. The van der Waals surface area contributed by atoms with Crippen molar-refractivity contribution in [3.63, 3.8) is 0 Å². The van der Waals surface area contributed by atoms with Crippen molar-refractivity contribution in [3.8, 4) is 11.1 Å². The third-order valence-corrected chi connectivity index (χ3v) is 6.54. The number of carbonyl (C=O) groups excluding carboxylic acids is 1. The molecule has 2 heterocycles. The summed E-state index contributed by atoms with van der Waals surface area (Å²) in [6.07, 6.45) is 8.63. The average Bonchev–Trinajstić information content (AvgIpc) is 2.85. The molecule has 5 nitrogen and oxygen atoms in total. The van der Waals surface area contributed by atoms with Crippen LogP contribution in [0.5, 0.6) is 0 Å². The normalized spacial score (nSPS) is 17.9. The summed E-state index contributed by atoms with van der Waals surface area (Å²) in [4.78, 5) is 21.3. The number of aromatic nitrogens is 2. The molecule has 7 heteroatoms. The van der Waals surface area contributed by atoms with Crippen LogP contribution in [0.15, 0.2) is 73.2 Å². The fourth-order valence-electron chi connectivity index (χ4n) is 4.55. The number of nitrogens with one attached hydrogen (secondary N) is 2. The van der Waals surface area contributed by atoms with Gasteiger partial charge in [-0.1, -0.05) is 11.6 Å². The first-order valence-corrected chi connectivity index (χ1v) is 11.8. The van der Waals surface area contributed by atoms with Gasteiger partial charge < -0.3 is 10.6 Å². The second kappa shape index (κ2) is 9.77. The second-order valence-corrected chi connectivity index (χ2v) is 9.09. The Hall–Kier alpha value is -3.51. The van der Waals surface area contributed by atoms with Crippen molar-refractivity contribution in [1.29, 1.82) is 0 Å². The number of halogens is 2. The van der Waals surface area contributed by atoms with Crippen LogP contribution in [0.1, 0.15) is 36.0 Å². The highest BCUT2D eigenvalue weighted by atomic mass is 35.5. The summed E-state index contributed by atoms with van der Waals surface area (Å²) in [6.45, 7) is 0. The van der Waals surface area contributed by atoms with Crippen molar-refractivity contribution in [2.24, 2.45) is 0 Å². The summed E-state index contributed by atoms with van der Waals surface area (Å²) in [5, 5.41) is 8.43. The van der Waals surface area contributed by atoms with Crippen LogP contribution in [0.3, 0.4) is 0 Å². The minimum Gasteiger partial charge on any atom is -0.382 e. The van der Waals surface area contributed by atoms with Gasteiger partial charge in [0, 0.05) is 52.3 Å². The van der Waals surface area contributed by atoms with E-state index in [1.807, 2.05) is 24.3 Å². The van der Waals surface area contributed by atoms with Crippen LogP contribution in [0.2, 0.25) is 5.02 Å². The Balaban J connectivity index is 1.21. The minimum absolute atomic E-state index is 0.0613. The molecule has 0 aliphatic heterocycles. The zero-order valence-corrected chi connectivity index (χ0v) is 19.2. The Labute approximate surface area is 202 Å². The quantitative estimate of drug-likeness (QED) is 0.359. The molecule has 0 bridgehead atoms. The Morgan fingerprint density at radius 3 is 2.44 bits per heavy atom. The molecule has 0 saturated heterocycles. The fraction of sp³-hybridized carbons (Fsp3) is 0.222. The lowest BCUT2D eigenvalue weighted by molar-refractivity contribution is 0.0926. The fourth-order valence-corrected chi connectivity index (χ4v) is 4.72. The van der Waals surface area contributed by atoms with Gasteiger partial charge in [0.05, 0.1) is 5.52 Å². The standard InChI is InChI=1S/C27H24ClFN4O/c28-20-1-6-24-25(9-12-31-26(24)16-20)32-22-2-4-23(5-3-22)33-27(34)19-13-18(14-21(29)15-19)17-7-10-30-11-8-17/h1,6-16,22-23H,2-5H2,(H,31,32)(H,33,34). The maximum absolute atomic E-state index is 14.2. The number of carbonyl (C=O) groups is 1. The lowest BCUT2D eigenvalue weighted by Gasteiger charge is -2.30. The average molecular weight is 475 g/mol. The van der Waals surface area contributed by atoms with E-state index in [9.17, 15) is 9.18 Å². The zero-order valence-electron chi connectivity index (χ0n) is 18.5. The summed E-state index contributed by atoms with van der Waals surface area (Å²) < 4.78 is 14.2. The van der Waals surface area contributed by atoms with E-state index in [1.54, 1.807) is 36.8 Å². The van der Waals surface area contributed by atoms with Gasteiger partial charge in [0.15, 0.2) is 0 Å². The molecule has 0 spiro atoms. The molecule has 2 aromatic heterocycles. The van der Waals surface area contributed by atoms with Crippen LogP contribution < -0.4 is 10.6 Å². The monoisotopic (exact) mass is 474 g/mol. The van der Waals surface area contributed by atoms with Gasteiger partial charge in [-0.25, -0.2) is 4.39 Å². The maximum atomic E-state index is 14.2. The predicted molar refractivity (Wildman–Crippen MR) is 134 cm³/mol. The van der Waals surface area contributed by atoms with Crippen molar-refractivity contribution in [1.82, 2.24) is 15.3 Å². The van der Waals surface area contributed by atoms with E-state index in [1.165, 1.54) is 12.1 Å². The molecule has 4 aromatic rings. The van der Waals surface area contributed by atoms with Crippen LogP contribution >= 0.6 is 11.6 Å². The SMILES string of the molecule is O=C(NC1CCC(Nc2ccnc3cc(Cl)ccc23)CC1)c1cc(F)cc(-c2ccncc2)c1. The van der Waals surface area contributed by atoms with E-state index in [-0.39, 0.29) is 11.9 Å².